The monoisotopic (exact) mass is 740 g/mol. The van der Waals surface area contributed by atoms with E-state index in [1.54, 1.807) is 62.4 Å². The summed E-state index contributed by atoms with van der Waals surface area (Å²) in [5.74, 6) is -2.63. The fraction of sp³-hybridized carbons (Fsp3) is 0.474. The smallest absolute Gasteiger partial charge is 0.409 e. The van der Waals surface area contributed by atoms with E-state index in [9.17, 15) is 34.5 Å². The molecule has 3 heterocycles. The highest BCUT2D eigenvalue weighted by atomic mass is 35.5. The number of aliphatic hydroxyl groups excluding tert-OH is 2. The first-order valence-electron chi connectivity index (χ1n) is 17.0. The molecule has 2 saturated heterocycles. The molecule has 13 nitrogen and oxygen atoms in total. The summed E-state index contributed by atoms with van der Waals surface area (Å²) in [5.41, 5.74) is -0.321. The standard InChI is InChI=1S/C38H45ClN2O11/c1-21-8-6-10-27(19-43)38(48)17-30(50-36(47)40-38)22(2)35-37(4,52-35)31(51-33(46)20-49-28-11-7-9-25(15-28)23(3)44)16-32(45)41(5)29-14-24(12-21)13-26(18-42)34(29)39/h6-11,13-15,22,27,30-31,35,42-43,48H,12,16-20H2,1-5H3,(H,40,47)/b10-6+,21-8+/t22-,27+,30+,31+,35+,37+,38+/m1/s1. The Morgan fingerprint density at radius 2 is 1.92 bits per heavy atom. The molecule has 14 heteroatoms. The lowest BCUT2D eigenvalue weighted by Crippen LogP contribution is -2.62. The third-order valence-electron chi connectivity index (χ3n) is 10.0. The lowest BCUT2D eigenvalue weighted by atomic mass is 9.81. The maximum Gasteiger partial charge on any atom is 0.409 e. The molecule has 4 bridgehead atoms. The molecule has 4 N–H and O–H groups in total. The highest BCUT2D eigenvalue weighted by Crippen LogP contribution is 2.49. The van der Waals surface area contributed by atoms with E-state index in [1.165, 1.54) is 24.9 Å². The zero-order chi connectivity index (χ0) is 38.0. The van der Waals surface area contributed by atoms with Crippen LogP contribution >= 0.6 is 11.6 Å². The van der Waals surface area contributed by atoms with Crippen molar-refractivity contribution < 1.29 is 53.4 Å². The van der Waals surface area contributed by atoms with E-state index in [1.807, 2.05) is 6.92 Å². The molecule has 3 aliphatic heterocycles. The molecule has 280 valence electrons. The van der Waals surface area contributed by atoms with Crippen molar-refractivity contribution in [3.63, 3.8) is 0 Å². The van der Waals surface area contributed by atoms with Crippen LogP contribution in [0.2, 0.25) is 5.02 Å². The van der Waals surface area contributed by atoms with Crippen molar-refractivity contribution in [1.82, 2.24) is 5.32 Å². The molecule has 0 spiro atoms. The van der Waals surface area contributed by atoms with Crippen molar-refractivity contribution in [1.29, 1.82) is 0 Å². The van der Waals surface area contributed by atoms with Gasteiger partial charge in [0.1, 0.15) is 23.6 Å². The molecule has 0 saturated carbocycles. The largest absolute Gasteiger partial charge is 0.482 e. The summed E-state index contributed by atoms with van der Waals surface area (Å²) in [5, 5.41) is 34.7. The summed E-state index contributed by atoms with van der Waals surface area (Å²) in [6, 6.07) is 9.83. The number of carbonyl (C=O) groups excluding carboxylic acids is 4. The predicted molar refractivity (Wildman–Crippen MR) is 190 cm³/mol. The quantitative estimate of drug-likeness (QED) is 0.183. The van der Waals surface area contributed by atoms with Gasteiger partial charge in [0.2, 0.25) is 5.91 Å². The van der Waals surface area contributed by atoms with E-state index >= 15 is 0 Å². The number of Topliss-reactive ketones (excluding diaryl/α,β-unsaturated/α-hetero) is 1. The Morgan fingerprint density at radius 3 is 2.62 bits per heavy atom. The van der Waals surface area contributed by atoms with Crippen LogP contribution in [0, 0.1) is 11.8 Å². The molecule has 3 aliphatic rings. The molecule has 2 amide bonds. The number of alkyl carbamates (subject to hydrolysis) is 1. The lowest BCUT2D eigenvalue weighted by molar-refractivity contribution is -0.156. The van der Waals surface area contributed by atoms with Crippen LogP contribution < -0.4 is 15.0 Å². The third kappa shape index (κ3) is 8.50. The van der Waals surface area contributed by atoms with Gasteiger partial charge in [-0.2, -0.15) is 0 Å². The summed E-state index contributed by atoms with van der Waals surface area (Å²) in [6.45, 7) is 5.34. The molecule has 0 radical (unpaired) electrons. The number of hydrogen-bond acceptors (Lipinski definition) is 11. The first-order valence-corrected chi connectivity index (χ1v) is 17.4. The number of hydrogen-bond donors (Lipinski definition) is 4. The first kappa shape index (κ1) is 38.9. The Hall–Kier alpha value is -4.27. The molecule has 2 aromatic carbocycles. The minimum Gasteiger partial charge on any atom is -0.482 e. The van der Waals surface area contributed by atoms with Crippen molar-refractivity contribution in [2.75, 3.05) is 25.2 Å². The van der Waals surface area contributed by atoms with Crippen LogP contribution in [-0.2, 0) is 36.8 Å². The summed E-state index contributed by atoms with van der Waals surface area (Å²) in [7, 11) is 1.53. The van der Waals surface area contributed by atoms with Crippen molar-refractivity contribution >= 4 is 41.0 Å². The predicted octanol–water partition coefficient (Wildman–Crippen LogP) is 4.03. The number of amides is 2. The number of benzene rings is 2. The third-order valence-corrected chi connectivity index (χ3v) is 10.5. The number of nitrogens with one attached hydrogen (secondary N) is 1. The number of rotatable bonds is 7. The number of halogens is 1. The maximum absolute atomic E-state index is 14.0. The van der Waals surface area contributed by atoms with E-state index in [2.05, 4.69) is 5.32 Å². The molecule has 0 aliphatic carbocycles. The fourth-order valence-electron chi connectivity index (χ4n) is 6.83. The van der Waals surface area contributed by atoms with Crippen molar-refractivity contribution in [3.8, 4) is 5.75 Å². The van der Waals surface area contributed by atoms with Gasteiger partial charge in [0.15, 0.2) is 18.1 Å². The highest BCUT2D eigenvalue weighted by molar-refractivity contribution is 6.34. The van der Waals surface area contributed by atoms with Gasteiger partial charge in [0, 0.05) is 30.9 Å². The van der Waals surface area contributed by atoms with Gasteiger partial charge in [-0.15, -0.1) is 0 Å². The van der Waals surface area contributed by atoms with Crippen LogP contribution in [0.4, 0.5) is 10.5 Å². The van der Waals surface area contributed by atoms with Gasteiger partial charge in [-0.05, 0) is 56.5 Å². The number of allylic oxidation sites excluding steroid dienone is 3. The van der Waals surface area contributed by atoms with E-state index < -0.39 is 72.7 Å². The van der Waals surface area contributed by atoms with Gasteiger partial charge in [-0.1, -0.05) is 60.5 Å². The van der Waals surface area contributed by atoms with E-state index in [-0.39, 0.29) is 36.0 Å². The van der Waals surface area contributed by atoms with Crippen molar-refractivity contribution in [3.05, 3.63) is 81.9 Å². The summed E-state index contributed by atoms with van der Waals surface area (Å²) in [4.78, 5) is 53.2. The van der Waals surface area contributed by atoms with Gasteiger partial charge in [0.25, 0.3) is 0 Å². The van der Waals surface area contributed by atoms with Crippen molar-refractivity contribution in [2.45, 2.75) is 83.2 Å². The highest BCUT2D eigenvalue weighted by Gasteiger charge is 2.64. The number of aliphatic hydroxyl groups is 3. The summed E-state index contributed by atoms with van der Waals surface area (Å²) < 4.78 is 23.3. The van der Waals surface area contributed by atoms with Gasteiger partial charge >= 0.3 is 12.1 Å². The number of carbonyl (C=O) groups is 4. The Morgan fingerprint density at radius 1 is 1.17 bits per heavy atom. The van der Waals surface area contributed by atoms with Crippen LogP contribution in [0.25, 0.3) is 0 Å². The minimum atomic E-state index is -1.86. The maximum atomic E-state index is 14.0. The molecular weight excluding hydrogens is 696 g/mol. The Kier molecular flexibility index (Phi) is 11.8. The van der Waals surface area contributed by atoms with Gasteiger partial charge < -0.3 is 39.2 Å². The lowest BCUT2D eigenvalue weighted by Gasteiger charge is -2.42. The molecule has 0 aromatic heterocycles. The number of nitrogens with zero attached hydrogens (tertiary/aromatic N) is 1. The average Bonchev–Trinajstić information content (AvgIpc) is 3.80. The van der Waals surface area contributed by atoms with Crippen LogP contribution in [0.3, 0.4) is 0 Å². The molecule has 7 atom stereocenters. The van der Waals surface area contributed by atoms with Gasteiger partial charge in [-0.25, -0.2) is 9.59 Å². The number of esters is 1. The second-order valence-corrected chi connectivity index (χ2v) is 14.3. The molecule has 2 fully saturated rings. The minimum absolute atomic E-state index is 0.0956. The summed E-state index contributed by atoms with van der Waals surface area (Å²) >= 11 is 6.69. The second kappa shape index (κ2) is 15.8. The zero-order valence-corrected chi connectivity index (χ0v) is 30.5. The number of anilines is 1. The zero-order valence-electron chi connectivity index (χ0n) is 29.8. The number of fused-ring (bicyclic) bond motifs is 5. The van der Waals surface area contributed by atoms with Crippen molar-refractivity contribution in [2.24, 2.45) is 11.8 Å². The van der Waals surface area contributed by atoms with Gasteiger partial charge in [0.05, 0.1) is 36.4 Å². The molecule has 5 rings (SSSR count). The van der Waals surface area contributed by atoms with Crippen LogP contribution in [0.1, 0.15) is 62.0 Å². The van der Waals surface area contributed by atoms with E-state index in [0.29, 0.717) is 23.2 Å². The number of ether oxygens (including phenoxy) is 4. The Bertz CT molecular complexity index is 1780. The molecule has 2 aromatic rings. The second-order valence-electron chi connectivity index (χ2n) is 13.9. The van der Waals surface area contributed by atoms with Crippen LogP contribution in [0.5, 0.6) is 5.75 Å². The molecular formula is C38H45ClN2O11. The Balaban J connectivity index is 1.50. The normalized spacial score (nSPS) is 30.9. The fourth-order valence-corrected chi connectivity index (χ4v) is 7.13. The SMILES string of the molecule is CC(=O)c1cccc(OCC(=O)O[C@H]2CC(=O)N(C)c3cc(cc(CO)c3Cl)C/C(C)=C/C=C/[C@@H](CO)[C@@]3(O)C[C@H](OC(=O)N3)[C@@H](C)[C@@H]3O[C@@]23C)c1. The van der Waals surface area contributed by atoms with Crippen LogP contribution in [0.15, 0.2) is 60.2 Å². The molecule has 52 heavy (non-hydrogen) atoms. The van der Waals surface area contributed by atoms with E-state index in [4.69, 9.17) is 30.5 Å². The average molecular weight is 741 g/mol. The number of ketones is 1. The van der Waals surface area contributed by atoms with Crippen LogP contribution in [-0.4, -0.2) is 89.0 Å². The first-order chi connectivity index (χ1) is 24.6. The molecule has 0 unspecified atom stereocenters. The number of epoxide rings is 1. The van der Waals surface area contributed by atoms with Gasteiger partial charge in [-0.3, -0.25) is 14.9 Å². The van der Waals surface area contributed by atoms with E-state index in [0.717, 1.165) is 11.1 Å². The summed E-state index contributed by atoms with van der Waals surface area (Å²) in [6.07, 6.45) is 1.45. The topological polar surface area (TPSA) is 184 Å². The Labute approximate surface area is 307 Å².